The summed E-state index contributed by atoms with van der Waals surface area (Å²) in [7, 11) is 2.87. The number of phenolic OH excluding ortho intramolecular Hbond substituents is 1. The normalized spacial score (nSPS) is 10.9. The van der Waals surface area contributed by atoms with Crippen molar-refractivity contribution in [2.45, 2.75) is 0 Å². The molecule has 0 aromatic heterocycles. The molecule has 5 heteroatoms. The zero-order valence-electron chi connectivity index (χ0n) is 8.52. The van der Waals surface area contributed by atoms with Crippen molar-refractivity contribution < 1.29 is 14.7 Å². The first-order valence-electron chi connectivity index (χ1n) is 4.31. The fourth-order valence-corrected chi connectivity index (χ4v) is 1.05. The van der Waals surface area contributed by atoms with Crippen LogP contribution in [-0.4, -0.2) is 30.9 Å². The van der Waals surface area contributed by atoms with Gasteiger partial charge in [0.15, 0.2) is 5.71 Å². The van der Waals surface area contributed by atoms with E-state index >= 15 is 0 Å². The molecule has 1 rings (SSSR count). The highest BCUT2D eigenvalue weighted by Gasteiger charge is 2.12. The number of nitrogens with one attached hydrogen (secondary N) is 1. The van der Waals surface area contributed by atoms with E-state index in [1.54, 1.807) is 12.1 Å². The number of nitrogens with zero attached hydrogens (tertiary/aromatic N) is 1. The molecule has 0 saturated carbocycles. The van der Waals surface area contributed by atoms with Gasteiger partial charge in [-0.1, -0.05) is 5.16 Å². The smallest absolute Gasteiger partial charge is 0.273 e. The van der Waals surface area contributed by atoms with Crippen LogP contribution in [0, 0.1) is 0 Å². The van der Waals surface area contributed by atoms with Gasteiger partial charge in [-0.15, -0.1) is 0 Å². The summed E-state index contributed by atoms with van der Waals surface area (Å²) < 4.78 is 0. The number of oxime groups is 1. The van der Waals surface area contributed by atoms with Gasteiger partial charge >= 0.3 is 0 Å². The maximum atomic E-state index is 11.4. The molecule has 5 nitrogen and oxygen atoms in total. The average Bonchev–Trinajstić information content (AvgIpc) is 2.26. The summed E-state index contributed by atoms with van der Waals surface area (Å²) in [5, 5.41) is 15.2. The highest BCUT2D eigenvalue weighted by atomic mass is 16.6. The largest absolute Gasteiger partial charge is 0.508 e. The molecule has 0 fully saturated rings. The molecule has 0 spiro atoms. The number of benzene rings is 1. The third-order valence-corrected chi connectivity index (χ3v) is 1.77. The number of hydrogen-bond acceptors (Lipinski definition) is 4. The summed E-state index contributed by atoms with van der Waals surface area (Å²) in [5.41, 5.74) is 0.744. The molecule has 0 saturated heterocycles. The number of rotatable bonds is 3. The van der Waals surface area contributed by atoms with Gasteiger partial charge in [-0.25, -0.2) is 0 Å². The minimum atomic E-state index is -0.345. The monoisotopic (exact) mass is 208 g/mol. The Morgan fingerprint density at radius 1 is 1.40 bits per heavy atom. The molecule has 0 aliphatic rings. The van der Waals surface area contributed by atoms with E-state index in [0.29, 0.717) is 5.56 Å². The van der Waals surface area contributed by atoms with Gasteiger partial charge in [0.1, 0.15) is 12.9 Å². The van der Waals surface area contributed by atoms with E-state index in [0.717, 1.165) is 0 Å². The Kier molecular flexibility index (Phi) is 3.68. The van der Waals surface area contributed by atoms with Gasteiger partial charge < -0.3 is 15.3 Å². The van der Waals surface area contributed by atoms with Crippen molar-refractivity contribution in [1.82, 2.24) is 5.32 Å². The summed E-state index contributed by atoms with van der Waals surface area (Å²) in [6, 6.07) is 6.12. The number of phenols is 1. The zero-order valence-corrected chi connectivity index (χ0v) is 8.52. The summed E-state index contributed by atoms with van der Waals surface area (Å²) in [5.74, 6) is -0.213. The first-order valence-corrected chi connectivity index (χ1v) is 4.31. The Labute approximate surface area is 87.4 Å². The lowest BCUT2D eigenvalue weighted by Gasteiger charge is -2.04. The molecule has 15 heavy (non-hydrogen) atoms. The minimum Gasteiger partial charge on any atom is -0.508 e. The Hall–Kier alpha value is -2.04. The molecule has 0 heterocycles. The third kappa shape index (κ3) is 2.70. The number of carbonyl (C=O) groups excluding carboxylic acids is 1. The molecule has 0 aliphatic carbocycles. The van der Waals surface area contributed by atoms with E-state index in [1.165, 1.54) is 26.3 Å². The number of carbonyl (C=O) groups is 1. The van der Waals surface area contributed by atoms with E-state index in [1.807, 2.05) is 0 Å². The van der Waals surface area contributed by atoms with Crippen molar-refractivity contribution >= 4 is 11.6 Å². The fraction of sp³-hybridized carbons (Fsp3) is 0.200. The Balaban J connectivity index is 3.05. The van der Waals surface area contributed by atoms with Gasteiger partial charge in [-0.3, -0.25) is 4.79 Å². The van der Waals surface area contributed by atoms with Crippen molar-refractivity contribution in [2.75, 3.05) is 14.2 Å². The maximum Gasteiger partial charge on any atom is 0.273 e. The lowest BCUT2D eigenvalue weighted by atomic mass is 10.1. The van der Waals surface area contributed by atoms with Crippen LogP contribution in [0.3, 0.4) is 0 Å². The van der Waals surface area contributed by atoms with Crippen molar-refractivity contribution in [3.8, 4) is 5.75 Å². The van der Waals surface area contributed by atoms with Crippen molar-refractivity contribution in [3.05, 3.63) is 29.8 Å². The molecule has 0 aliphatic heterocycles. The molecule has 0 unspecified atom stereocenters. The molecule has 0 atom stereocenters. The lowest BCUT2D eigenvalue weighted by Crippen LogP contribution is -2.28. The Bertz CT molecular complexity index is 371. The van der Waals surface area contributed by atoms with Crippen LogP contribution in [0.4, 0.5) is 0 Å². The summed E-state index contributed by atoms with van der Waals surface area (Å²) >= 11 is 0. The molecular formula is C10H12N2O3. The second-order valence-corrected chi connectivity index (χ2v) is 2.75. The van der Waals surface area contributed by atoms with Crippen molar-refractivity contribution in [2.24, 2.45) is 5.16 Å². The first kappa shape index (κ1) is 11.0. The van der Waals surface area contributed by atoms with Crippen LogP contribution in [0.1, 0.15) is 5.56 Å². The Morgan fingerprint density at radius 3 is 2.47 bits per heavy atom. The quantitative estimate of drug-likeness (QED) is 0.561. The minimum absolute atomic E-state index is 0.132. The van der Waals surface area contributed by atoms with E-state index < -0.39 is 0 Å². The number of hydrogen-bond donors (Lipinski definition) is 2. The third-order valence-electron chi connectivity index (χ3n) is 1.77. The van der Waals surface area contributed by atoms with Gasteiger partial charge in [0.2, 0.25) is 0 Å². The van der Waals surface area contributed by atoms with Crippen LogP contribution < -0.4 is 5.32 Å². The number of amides is 1. The van der Waals surface area contributed by atoms with Gasteiger partial charge in [0.25, 0.3) is 5.91 Å². The zero-order chi connectivity index (χ0) is 11.3. The van der Waals surface area contributed by atoms with Crippen LogP contribution in [0.5, 0.6) is 5.75 Å². The van der Waals surface area contributed by atoms with Crippen molar-refractivity contribution in [1.29, 1.82) is 0 Å². The van der Waals surface area contributed by atoms with Gasteiger partial charge in [-0.2, -0.15) is 0 Å². The Morgan fingerprint density at radius 2 is 2.00 bits per heavy atom. The molecular weight excluding hydrogens is 196 g/mol. The average molecular weight is 208 g/mol. The summed E-state index contributed by atoms with van der Waals surface area (Å²) in [6.07, 6.45) is 0. The molecule has 2 N–H and O–H groups in total. The summed E-state index contributed by atoms with van der Waals surface area (Å²) in [4.78, 5) is 16.0. The van der Waals surface area contributed by atoms with E-state index in [2.05, 4.69) is 15.3 Å². The van der Waals surface area contributed by atoms with Gasteiger partial charge in [-0.05, 0) is 24.3 Å². The molecule has 1 amide bonds. The van der Waals surface area contributed by atoms with Crippen LogP contribution in [-0.2, 0) is 9.63 Å². The number of aromatic hydroxyl groups is 1. The first-order chi connectivity index (χ1) is 7.19. The molecule has 80 valence electrons. The molecule has 0 bridgehead atoms. The van der Waals surface area contributed by atoms with E-state index in [9.17, 15) is 4.79 Å². The molecule has 0 radical (unpaired) electrons. The highest BCUT2D eigenvalue weighted by Crippen LogP contribution is 2.10. The van der Waals surface area contributed by atoms with Crippen LogP contribution in [0.2, 0.25) is 0 Å². The summed E-state index contributed by atoms with van der Waals surface area (Å²) in [6.45, 7) is 0. The topological polar surface area (TPSA) is 70.9 Å². The lowest BCUT2D eigenvalue weighted by molar-refractivity contribution is -0.114. The maximum absolute atomic E-state index is 11.4. The van der Waals surface area contributed by atoms with E-state index in [-0.39, 0.29) is 17.4 Å². The predicted molar refractivity (Wildman–Crippen MR) is 55.7 cm³/mol. The van der Waals surface area contributed by atoms with E-state index in [4.69, 9.17) is 5.11 Å². The highest BCUT2D eigenvalue weighted by molar-refractivity contribution is 6.45. The second-order valence-electron chi connectivity index (χ2n) is 2.75. The second kappa shape index (κ2) is 4.99. The molecule has 1 aromatic rings. The van der Waals surface area contributed by atoms with Crippen LogP contribution >= 0.6 is 0 Å². The predicted octanol–water partition coefficient (Wildman–Crippen LogP) is 0.489. The SMILES string of the molecule is CNC(=O)C(=NOC)c1ccc(O)cc1. The fourth-order valence-electron chi connectivity index (χ4n) is 1.05. The van der Waals surface area contributed by atoms with Gasteiger partial charge in [0, 0.05) is 12.6 Å². The van der Waals surface area contributed by atoms with Gasteiger partial charge in [0.05, 0.1) is 0 Å². The molecule has 1 aromatic carbocycles. The standard InChI is InChI=1S/C10H12N2O3/c1-11-10(14)9(12-15-2)7-3-5-8(13)6-4-7/h3-6,13H,1-2H3,(H,11,14). The van der Waals surface area contributed by atoms with Crippen LogP contribution in [0.25, 0.3) is 0 Å². The number of likely N-dealkylation sites (N-methyl/N-ethyl adjacent to an activating group) is 1. The van der Waals surface area contributed by atoms with Crippen molar-refractivity contribution in [3.63, 3.8) is 0 Å². The van der Waals surface area contributed by atoms with Crippen LogP contribution in [0.15, 0.2) is 29.4 Å².